The molecule has 0 unspecified atom stereocenters. The van der Waals surface area contributed by atoms with Gasteiger partial charge in [-0.3, -0.25) is 4.55 Å². The molecular formula is C4H11ClO3S. The second kappa shape index (κ2) is 6.32. The van der Waals surface area contributed by atoms with Crippen molar-refractivity contribution in [3.05, 3.63) is 0 Å². The lowest BCUT2D eigenvalue weighted by atomic mass is 10.4. The molecule has 0 spiro atoms. The molecule has 0 fully saturated rings. The van der Waals surface area contributed by atoms with Crippen molar-refractivity contribution in [3.8, 4) is 0 Å². The zero-order valence-corrected chi connectivity index (χ0v) is 7.04. The van der Waals surface area contributed by atoms with E-state index in [0.29, 0.717) is 0 Å². The molecule has 0 saturated heterocycles. The van der Waals surface area contributed by atoms with Crippen molar-refractivity contribution in [2.75, 3.05) is 0 Å². The fourth-order valence-electron chi connectivity index (χ4n) is 0. The SMILES string of the molecule is CCCC.O=S(=O)(O)Cl. The summed E-state index contributed by atoms with van der Waals surface area (Å²) in [5.41, 5.74) is 0. The largest absolute Gasteiger partial charge is 0.353 e. The predicted octanol–water partition coefficient (Wildman–Crippen LogP) is 1.83. The molecule has 3 nitrogen and oxygen atoms in total. The Morgan fingerprint density at radius 2 is 1.44 bits per heavy atom. The smallest absolute Gasteiger partial charge is 0.273 e. The van der Waals surface area contributed by atoms with Crippen LogP contribution in [-0.2, 0) is 9.33 Å². The van der Waals surface area contributed by atoms with Gasteiger partial charge in [0.1, 0.15) is 0 Å². The summed E-state index contributed by atoms with van der Waals surface area (Å²) in [6.45, 7) is 4.36. The average molecular weight is 175 g/mol. The maximum Gasteiger partial charge on any atom is 0.353 e. The minimum absolute atomic E-state index is 1.32. The van der Waals surface area contributed by atoms with Crippen LogP contribution in [0, 0.1) is 0 Å². The van der Waals surface area contributed by atoms with Gasteiger partial charge in [-0.05, 0) is 0 Å². The Bertz CT molecular complexity index is 119. The lowest BCUT2D eigenvalue weighted by molar-refractivity contribution is 0.501. The summed E-state index contributed by atoms with van der Waals surface area (Å²) in [5, 5.41) is 0. The highest BCUT2D eigenvalue weighted by Crippen LogP contribution is 1.82. The molecule has 0 heterocycles. The second-order valence-electron chi connectivity index (χ2n) is 1.41. The highest BCUT2D eigenvalue weighted by atomic mass is 35.7. The van der Waals surface area contributed by atoms with Crippen LogP contribution in [0.25, 0.3) is 0 Å². The maximum absolute atomic E-state index is 8.95. The summed E-state index contributed by atoms with van der Waals surface area (Å²) < 4.78 is 25.2. The van der Waals surface area contributed by atoms with E-state index in [9.17, 15) is 0 Å². The van der Waals surface area contributed by atoms with E-state index in [-0.39, 0.29) is 0 Å². The van der Waals surface area contributed by atoms with Crippen molar-refractivity contribution < 1.29 is 13.0 Å². The molecule has 0 radical (unpaired) electrons. The zero-order chi connectivity index (χ0) is 7.91. The van der Waals surface area contributed by atoms with E-state index < -0.39 is 9.33 Å². The Kier molecular flexibility index (Phi) is 8.38. The van der Waals surface area contributed by atoms with Crippen LogP contribution in [0.2, 0.25) is 0 Å². The van der Waals surface area contributed by atoms with Gasteiger partial charge in [0.25, 0.3) is 0 Å². The van der Waals surface area contributed by atoms with Gasteiger partial charge >= 0.3 is 9.33 Å². The van der Waals surface area contributed by atoms with E-state index in [1.54, 1.807) is 0 Å². The van der Waals surface area contributed by atoms with Gasteiger partial charge in [0.15, 0.2) is 0 Å². The third kappa shape index (κ3) is 219. The number of halogens is 1. The van der Waals surface area contributed by atoms with Crippen LogP contribution in [0.3, 0.4) is 0 Å². The third-order valence-corrected chi connectivity index (χ3v) is 0.500. The molecule has 5 heteroatoms. The topological polar surface area (TPSA) is 54.4 Å². The molecule has 1 N–H and O–H groups in total. The van der Waals surface area contributed by atoms with Gasteiger partial charge in [-0.15, -0.1) is 0 Å². The Morgan fingerprint density at radius 1 is 1.33 bits per heavy atom. The standard InChI is InChI=1S/C4H10.ClHO3S/c1-3-4-2;1-5(2,3)4/h3-4H2,1-2H3;(H,2,3,4). The first-order valence-electron chi connectivity index (χ1n) is 2.58. The number of hydrogen-bond acceptors (Lipinski definition) is 2. The molecule has 0 rings (SSSR count). The van der Waals surface area contributed by atoms with Crippen molar-refractivity contribution in [3.63, 3.8) is 0 Å². The van der Waals surface area contributed by atoms with Crippen molar-refractivity contribution in [2.24, 2.45) is 0 Å². The number of unbranched alkanes of at least 4 members (excludes halogenated alkanes) is 1. The first-order valence-corrected chi connectivity index (χ1v) is 4.85. The normalized spacial score (nSPS) is 9.78. The van der Waals surface area contributed by atoms with Gasteiger partial charge in [-0.1, -0.05) is 26.7 Å². The minimum atomic E-state index is -4.19. The van der Waals surface area contributed by atoms with Crippen LogP contribution < -0.4 is 0 Å². The van der Waals surface area contributed by atoms with E-state index in [2.05, 4.69) is 24.5 Å². The number of rotatable bonds is 1. The Balaban J connectivity index is 0. The van der Waals surface area contributed by atoms with E-state index in [1.807, 2.05) is 0 Å². The number of hydrogen-bond donors (Lipinski definition) is 1. The zero-order valence-electron chi connectivity index (χ0n) is 5.46. The molecule has 0 aromatic heterocycles. The fraction of sp³-hybridized carbons (Fsp3) is 1.00. The van der Waals surface area contributed by atoms with Crippen LogP contribution in [0.5, 0.6) is 0 Å². The van der Waals surface area contributed by atoms with Crippen LogP contribution >= 0.6 is 10.7 Å². The Morgan fingerprint density at radius 3 is 1.44 bits per heavy atom. The molecule has 0 saturated carbocycles. The maximum atomic E-state index is 8.95. The average Bonchev–Trinajstić information content (AvgIpc) is 1.61. The van der Waals surface area contributed by atoms with Crippen molar-refractivity contribution >= 4 is 20.0 Å². The lowest BCUT2D eigenvalue weighted by Gasteiger charge is -1.68. The quantitative estimate of drug-likeness (QED) is 0.488. The lowest BCUT2D eigenvalue weighted by Crippen LogP contribution is -1.77. The van der Waals surface area contributed by atoms with Gasteiger partial charge in [0, 0.05) is 10.7 Å². The molecule has 0 aliphatic carbocycles. The Labute approximate surface area is 60.3 Å². The molecule has 0 aromatic rings. The van der Waals surface area contributed by atoms with Crippen molar-refractivity contribution in [1.82, 2.24) is 0 Å². The molecule has 0 aliphatic heterocycles. The summed E-state index contributed by atoms with van der Waals surface area (Å²) in [4.78, 5) is 0. The molecule has 0 aliphatic rings. The van der Waals surface area contributed by atoms with Gasteiger partial charge < -0.3 is 0 Å². The van der Waals surface area contributed by atoms with Crippen LogP contribution in [-0.4, -0.2) is 13.0 Å². The van der Waals surface area contributed by atoms with E-state index in [4.69, 9.17) is 13.0 Å². The van der Waals surface area contributed by atoms with Crippen molar-refractivity contribution in [2.45, 2.75) is 26.7 Å². The highest BCUT2D eigenvalue weighted by molar-refractivity contribution is 8.09. The molecule has 9 heavy (non-hydrogen) atoms. The van der Waals surface area contributed by atoms with Gasteiger partial charge in [-0.2, -0.15) is 8.42 Å². The summed E-state index contributed by atoms with van der Waals surface area (Å²) in [6, 6.07) is 0. The molecule has 0 bridgehead atoms. The van der Waals surface area contributed by atoms with Crippen molar-refractivity contribution in [1.29, 1.82) is 0 Å². The first-order chi connectivity index (χ1) is 3.91. The summed E-state index contributed by atoms with van der Waals surface area (Å²) in [6.07, 6.45) is 2.64. The van der Waals surface area contributed by atoms with Crippen LogP contribution in [0.1, 0.15) is 26.7 Å². The summed E-state index contributed by atoms with van der Waals surface area (Å²) in [5.74, 6) is 0. The molecule has 58 valence electrons. The van der Waals surface area contributed by atoms with E-state index in [0.717, 1.165) is 0 Å². The van der Waals surface area contributed by atoms with Gasteiger partial charge in [-0.25, -0.2) is 0 Å². The first kappa shape index (κ1) is 11.9. The molecular weight excluding hydrogens is 164 g/mol. The minimum Gasteiger partial charge on any atom is -0.273 e. The van der Waals surface area contributed by atoms with E-state index in [1.165, 1.54) is 12.8 Å². The third-order valence-electron chi connectivity index (χ3n) is 0.500. The van der Waals surface area contributed by atoms with Crippen LogP contribution in [0.4, 0.5) is 0 Å². The van der Waals surface area contributed by atoms with E-state index >= 15 is 0 Å². The summed E-state index contributed by atoms with van der Waals surface area (Å²) >= 11 is 0. The molecule has 0 amide bonds. The second-order valence-corrected chi connectivity index (χ2v) is 3.41. The fourth-order valence-corrected chi connectivity index (χ4v) is 0. The van der Waals surface area contributed by atoms with Gasteiger partial charge in [0.2, 0.25) is 0 Å². The summed E-state index contributed by atoms with van der Waals surface area (Å²) in [7, 11) is -0.137. The van der Waals surface area contributed by atoms with Crippen LogP contribution in [0.15, 0.2) is 0 Å². The van der Waals surface area contributed by atoms with Gasteiger partial charge in [0.05, 0.1) is 0 Å². The molecule has 0 aromatic carbocycles. The Hall–Kier alpha value is 0.200. The monoisotopic (exact) mass is 174 g/mol. The molecule has 0 atom stereocenters. The highest BCUT2D eigenvalue weighted by Gasteiger charge is 1.86. The predicted molar refractivity (Wildman–Crippen MR) is 38.0 cm³/mol.